The van der Waals surface area contributed by atoms with Crippen molar-refractivity contribution >= 4 is 29.3 Å². The monoisotopic (exact) mass is 624 g/mol. The van der Waals surface area contributed by atoms with Crippen LogP contribution in [0.5, 0.6) is 0 Å². The van der Waals surface area contributed by atoms with Crippen LogP contribution in [0.2, 0.25) is 0 Å². The molecule has 0 aliphatic rings. The minimum atomic E-state index is -1.34. The third kappa shape index (κ3) is 9.94. The molecule has 0 aliphatic heterocycles. The molecule has 0 heterocycles. The average molecular weight is 625 g/mol. The molecule has 0 saturated carbocycles. The van der Waals surface area contributed by atoms with E-state index < -0.39 is 29.6 Å². The molecule has 0 aliphatic carbocycles. The van der Waals surface area contributed by atoms with Crippen molar-refractivity contribution in [1.29, 1.82) is 0 Å². The number of carboxylic acid groups (broad SMARTS) is 1. The largest absolute Gasteiger partial charge is 1.00 e. The zero-order valence-electron chi connectivity index (χ0n) is 25.7. The summed E-state index contributed by atoms with van der Waals surface area (Å²) in [5, 5.41) is 23.7. The molecule has 230 valence electrons. The molecule has 0 radical (unpaired) electrons. The fourth-order valence-corrected chi connectivity index (χ4v) is 5.56. The molecular weight excluding hydrogens is 589 g/mol. The molecule has 4 aromatic carbocycles. The summed E-state index contributed by atoms with van der Waals surface area (Å²) in [4.78, 5) is 27.2. The van der Waals surface area contributed by atoms with E-state index in [0.717, 1.165) is 34.0 Å². The van der Waals surface area contributed by atoms with E-state index in [2.05, 4.69) is 5.32 Å². The van der Waals surface area contributed by atoms with Gasteiger partial charge in [0.2, 0.25) is 0 Å². The number of anilines is 1. The van der Waals surface area contributed by atoms with Gasteiger partial charge in [0.1, 0.15) is 11.6 Å². The number of rotatable bonds is 14. The molecule has 0 aromatic heterocycles. The van der Waals surface area contributed by atoms with Crippen LogP contribution in [-0.2, 0) is 24.3 Å². The predicted molar refractivity (Wildman–Crippen MR) is 169 cm³/mol. The van der Waals surface area contributed by atoms with Crippen molar-refractivity contribution in [2.24, 2.45) is 0 Å². The molecule has 0 fully saturated rings. The minimum Gasteiger partial charge on any atom is -0.548 e. The van der Waals surface area contributed by atoms with Crippen molar-refractivity contribution in [2.45, 2.75) is 38.9 Å². The third-order valence-corrected chi connectivity index (χ3v) is 7.98. The van der Waals surface area contributed by atoms with Gasteiger partial charge in [-0.15, -0.1) is 0 Å². The first-order valence-corrected chi connectivity index (χ1v) is 15.7. The van der Waals surface area contributed by atoms with Crippen LogP contribution in [0.1, 0.15) is 39.0 Å². The van der Waals surface area contributed by atoms with E-state index in [-0.39, 0.29) is 38.4 Å². The van der Waals surface area contributed by atoms with E-state index in [1.165, 1.54) is 23.9 Å². The van der Waals surface area contributed by atoms with E-state index in [9.17, 15) is 28.6 Å². The Kier molecular flexibility index (Phi) is 13.7. The fraction of sp³-hybridized carbons (Fsp3) is 0.257. The summed E-state index contributed by atoms with van der Waals surface area (Å²) in [6.45, 7) is 2.51. The zero-order chi connectivity index (χ0) is 31.6. The topological polar surface area (TPSA) is 92.7 Å². The number of aliphatic hydroxyl groups is 1. The Balaban J connectivity index is 0.00000552. The van der Waals surface area contributed by atoms with Crippen LogP contribution in [0.15, 0.2) is 84.9 Å². The van der Waals surface area contributed by atoms with Gasteiger partial charge in [-0.25, -0.2) is 8.78 Å². The number of aliphatic carboxylic acids is 1. The standard InChI is InChI=1S/C35H36F2N2O4S.Li/c1-23-5-3-4-6-30(23)32-19-25(9-12-31(32)34(41)38-33(35(42)43)14-16-44-2)21-39(22-26-17-27(36)20-28(37)18-26)29-10-7-24(8-11-29)13-15-40;/h3-12,17-20,33,40H,13-16,21-22H2,1-2H3,(H,38,41)(H,42,43);/q;+1/p-1/t33-;/m0./s1. The van der Waals surface area contributed by atoms with Gasteiger partial charge in [-0.2, -0.15) is 11.8 Å². The van der Waals surface area contributed by atoms with Crippen molar-refractivity contribution in [3.05, 3.63) is 124 Å². The van der Waals surface area contributed by atoms with Gasteiger partial charge in [0.05, 0.1) is 12.0 Å². The summed E-state index contributed by atoms with van der Waals surface area (Å²) in [6, 6.07) is 22.9. The Bertz CT molecular complexity index is 1580. The number of nitrogens with one attached hydrogen (secondary N) is 1. The Hall–Kier alpha value is -3.61. The van der Waals surface area contributed by atoms with E-state index in [0.29, 0.717) is 35.4 Å². The fourth-order valence-electron chi connectivity index (χ4n) is 5.09. The van der Waals surface area contributed by atoms with E-state index in [1.807, 2.05) is 72.7 Å². The molecule has 0 saturated heterocycles. The van der Waals surface area contributed by atoms with Gasteiger partial charge in [0, 0.05) is 37.0 Å². The molecule has 4 rings (SSSR count). The molecule has 4 aromatic rings. The van der Waals surface area contributed by atoms with Crippen molar-refractivity contribution in [3.8, 4) is 11.1 Å². The van der Waals surface area contributed by atoms with Gasteiger partial charge in [-0.3, -0.25) is 4.79 Å². The van der Waals surface area contributed by atoms with Gasteiger partial charge in [0.15, 0.2) is 0 Å². The van der Waals surface area contributed by atoms with Crippen LogP contribution in [-0.4, -0.2) is 41.6 Å². The maximum absolute atomic E-state index is 14.1. The molecule has 10 heteroatoms. The summed E-state index contributed by atoms with van der Waals surface area (Å²) in [7, 11) is 0. The Labute approximate surface area is 279 Å². The van der Waals surface area contributed by atoms with Crippen LogP contribution < -0.4 is 34.2 Å². The quantitative estimate of drug-likeness (QED) is 0.209. The minimum absolute atomic E-state index is 0. The average Bonchev–Trinajstić information content (AvgIpc) is 2.99. The zero-order valence-corrected chi connectivity index (χ0v) is 26.5. The molecule has 45 heavy (non-hydrogen) atoms. The van der Waals surface area contributed by atoms with E-state index in [4.69, 9.17) is 0 Å². The number of carbonyl (C=O) groups is 2. The second-order valence-corrected chi connectivity index (χ2v) is 11.6. The second-order valence-electron chi connectivity index (χ2n) is 10.6. The second kappa shape index (κ2) is 17.2. The maximum Gasteiger partial charge on any atom is 1.00 e. The first-order chi connectivity index (χ1) is 21.2. The molecule has 0 unspecified atom stereocenters. The molecular formula is C35H35F2LiN2O4S. The molecule has 0 bridgehead atoms. The number of halogens is 2. The Morgan fingerprint density at radius 1 is 0.889 bits per heavy atom. The number of hydrogen-bond donors (Lipinski definition) is 2. The van der Waals surface area contributed by atoms with Gasteiger partial charge < -0.3 is 25.2 Å². The number of carbonyl (C=O) groups excluding carboxylic acids is 2. The van der Waals surface area contributed by atoms with Gasteiger partial charge in [-0.05, 0) is 102 Å². The van der Waals surface area contributed by atoms with Crippen molar-refractivity contribution in [3.63, 3.8) is 0 Å². The number of aliphatic hydroxyl groups excluding tert-OH is 1. The number of amides is 1. The van der Waals surface area contributed by atoms with Crippen LogP contribution in [0.25, 0.3) is 11.1 Å². The number of thioether (sulfide) groups is 1. The smallest absolute Gasteiger partial charge is 0.548 e. The SMILES string of the molecule is CSCC[C@H](NC(=O)c1ccc(CN(Cc2cc(F)cc(F)c2)c2ccc(CCO)cc2)cc1-c1ccccc1C)C(=O)[O-].[Li+]. The summed E-state index contributed by atoms with van der Waals surface area (Å²) in [6.07, 6.45) is 2.61. The van der Waals surface area contributed by atoms with Crippen LogP contribution in [0.4, 0.5) is 14.5 Å². The van der Waals surface area contributed by atoms with Crippen molar-refractivity contribution in [2.75, 3.05) is 23.5 Å². The number of benzene rings is 4. The number of carboxylic acids is 1. The first-order valence-electron chi connectivity index (χ1n) is 14.3. The summed E-state index contributed by atoms with van der Waals surface area (Å²) in [5.41, 5.74) is 5.76. The normalized spacial score (nSPS) is 11.4. The van der Waals surface area contributed by atoms with Gasteiger partial charge >= 0.3 is 18.9 Å². The summed E-state index contributed by atoms with van der Waals surface area (Å²) >= 11 is 1.48. The molecule has 1 atom stereocenters. The van der Waals surface area contributed by atoms with E-state index >= 15 is 0 Å². The van der Waals surface area contributed by atoms with Crippen LogP contribution in [0, 0.1) is 18.6 Å². The Morgan fingerprint density at radius 2 is 1.53 bits per heavy atom. The molecule has 0 spiro atoms. The van der Waals surface area contributed by atoms with Gasteiger partial charge in [0.25, 0.3) is 5.91 Å². The number of nitrogens with zero attached hydrogens (tertiary/aromatic N) is 1. The number of aryl methyl sites for hydroxylation is 1. The van der Waals surface area contributed by atoms with Crippen molar-refractivity contribution in [1.82, 2.24) is 5.32 Å². The third-order valence-electron chi connectivity index (χ3n) is 7.34. The summed E-state index contributed by atoms with van der Waals surface area (Å²) in [5.74, 6) is -2.63. The predicted octanol–water partition coefficient (Wildman–Crippen LogP) is 2.29. The van der Waals surface area contributed by atoms with Crippen LogP contribution in [0.3, 0.4) is 0 Å². The maximum atomic E-state index is 14.1. The van der Waals surface area contributed by atoms with Crippen LogP contribution >= 0.6 is 11.8 Å². The number of hydrogen-bond acceptors (Lipinski definition) is 6. The van der Waals surface area contributed by atoms with Crippen molar-refractivity contribution < 1.29 is 47.4 Å². The summed E-state index contributed by atoms with van der Waals surface area (Å²) < 4.78 is 28.2. The van der Waals surface area contributed by atoms with E-state index in [1.54, 1.807) is 12.1 Å². The molecule has 6 nitrogen and oxygen atoms in total. The first kappa shape index (κ1) is 35.9. The molecule has 2 N–H and O–H groups in total. The van der Waals surface area contributed by atoms with Gasteiger partial charge in [-0.1, -0.05) is 42.5 Å². The Morgan fingerprint density at radius 3 is 2.16 bits per heavy atom. The molecule has 1 amide bonds.